The van der Waals surface area contributed by atoms with Gasteiger partial charge in [-0.05, 0) is 67.6 Å². The lowest BCUT2D eigenvalue weighted by atomic mass is 10.1. The standard InChI is InChI=1S/C42H41N7O5S/c1-42(2,3)54-41(53)46-34-18-16-29(36-14-9-23-55-36)24-35(34)45-37(50)30-25-43-40(44-26-30)48-21-19-47(20-22-48)27-31(17-15-28-10-5-4-6-11-28)49-38(51)32-12-7-8-13-33(32)39(49)52/h4-18,23-26,31H,19-22,27H2,1-3H3,(H,45,50)(H,46,53)/b17-15+. The third-order valence-corrected chi connectivity index (χ3v) is 10.1. The summed E-state index contributed by atoms with van der Waals surface area (Å²) in [6.07, 6.45) is 6.23. The molecule has 0 bridgehead atoms. The van der Waals surface area contributed by atoms with E-state index in [2.05, 4.69) is 25.5 Å². The maximum Gasteiger partial charge on any atom is 0.412 e. The number of ether oxygens (including phenoxy) is 1. The average molecular weight is 756 g/mol. The predicted octanol–water partition coefficient (Wildman–Crippen LogP) is 7.30. The number of carbonyl (C=O) groups excluding carboxylic acids is 4. The first-order valence-corrected chi connectivity index (χ1v) is 18.9. The van der Waals surface area contributed by atoms with Crippen molar-refractivity contribution in [3.63, 3.8) is 0 Å². The SMILES string of the molecule is CC(C)(C)OC(=O)Nc1ccc(-c2cccs2)cc1NC(=O)c1cnc(N2CCN(CC(/C=C/c3ccccc3)N3C(=O)c4ccccc4C3=O)CC2)nc1. The van der Waals surface area contributed by atoms with E-state index in [9.17, 15) is 19.2 Å². The molecular weight excluding hydrogens is 715 g/mol. The number of rotatable bonds is 10. The first-order chi connectivity index (χ1) is 26.5. The van der Waals surface area contributed by atoms with Crippen LogP contribution in [0, 0.1) is 0 Å². The van der Waals surface area contributed by atoms with Crippen molar-refractivity contribution in [1.82, 2.24) is 19.8 Å². The number of aromatic nitrogens is 2. The van der Waals surface area contributed by atoms with Gasteiger partial charge in [-0.1, -0.05) is 66.7 Å². The number of thiophene rings is 1. The molecule has 5 aromatic rings. The highest BCUT2D eigenvalue weighted by atomic mass is 32.1. The molecule has 55 heavy (non-hydrogen) atoms. The Morgan fingerprint density at radius 3 is 2.15 bits per heavy atom. The Kier molecular flexibility index (Phi) is 10.8. The zero-order valence-electron chi connectivity index (χ0n) is 30.8. The lowest BCUT2D eigenvalue weighted by Crippen LogP contribution is -2.52. The van der Waals surface area contributed by atoms with Gasteiger partial charge in [-0.25, -0.2) is 14.8 Å². The third-order valence-electron chi connectivity index (χ3n) is 9.18. The van der Waals surface area contributed by atoms with E-state index in [-0.39, 0.29) is 17.4 Å². The van der Waals surface area contributed by atoms with E-state index in [0.29, 0.717) is 61.2 Å². The van der Waals surface area contributed by atoms with Gasteiger partial charge < -0.3 is 15.0 Å². The van der Waals surface area contributed by atoms with Crippen LogP contribution in [0.15, 0.2) is 109 Å². The molecule has 1 saturated heterocycles. The van der Waals surface area contributed by atoms with Crippen LogP contribution in [0.25, 0.3) is 16.5 Å². The van der Waals surface area contributed by atoms with Gasteiger partial charge in [-0.2, -0.15) is 0 Å². The Balaban J connectivity index is 1.01. The zero-order chi connectivity index (χ0) is 38.5. The van der Waals surface area contributed by atoms with Gasteiger partial charge in [0, 0.05) is 50.0 Å². The molecule has 4 heterocycles. The highest BCUT2D eigenvalue weighted by Crippen LogP contribution is 2.32. The minimum absolute atomic E-state index is 0.251. The minimum Gasteiger partial charge on any atom is -0.444 e. The van der Waals surface area contributed by atoms with Gasteiger partial charge in [-0.15, -0.1) is 11.3 Å². The molecule has 3 aromatic carbocycles. The van der Waals surface area contributed by atoms with Crippen molar-refractivity contribution >= 4 is 58.6 Å². The third kappa shape index (κ3) is 8.80. The molecule has 13 heteroatoms. The van der Waals surface area contributed by atoms with E-state index in [0.717, 1.165) is 16.0 Å². The van der Waals surface area contributed by atoms with Crippen LogP contribution in [0.5, 0.6) is 0 Å². The lowest BCUT2D eigenvalue weighted by molar-refractivity contribution is 0.0579. The molecule has 1 fully saturated rings. The summed E-state index contributed by atoms with van der Waals surface area (Å²) in [5.74, 6) is -0.519. The first kappa shape index (κ1) is 37.1. The highest BCUT2D eigenvalue weighted by molar-refractivity contribution is 7.13. The highest BCUT2D eigenvalue weighted by Gasteiger charge is 2.39. The number of nitrogens with one attached hydrogen (secondary N) is 2. The molecule has 2 aromatic heterocycles. The summed E-state index contributed by atoms with van der Waals surface area (Å²) in [6, 6.07) is 25.6. The van der Waals surface area contributed by atoms with Crippen molar-refractivity contribution < 1.29 is 23.9 Å². The Hall–Kier alpha value is -6.18. The molecule has 2 N–H and O–H groups in total. The van der Waals surface area contributed by atoms with Crippen LogP contribution in [0.4, 0.5) is 22.1 Å². The zero-order valence-corrected chi connectivity index (χ0v) is 31.6. The second-order valence-corrected chi connectivity index (χ2v) is 15.2. The van der Waals surface area contributed by atoms with Crippen LogP contribution in [0.2, 0.25) is 0 Å². The second-order valence-electron chi connectivity index (χ2n) is 14.2. The van der Waals surface area contributed by atoms with Gasteiger partial charge >= 0.3 is 6.09 Å². The fraction of sp³-hybridized carbons (Fsp3) is 0.238. The Morgan fingerprint density at radius 2 is 1.51 bits per heavy atom. The molecule has 2 aliphatic heterocycles. The van der Waals surface area contributed by atoms with E-state index in [1.165, 1.54) is 17.3 Å². The largest absolute Gasteiger partial charge is 0.444 e. The number of anilines is 3. The molecule has 12 nitrogen and oxygen atoms in total. The van der Waals surface area contributed by atoms with Crippen LogP contribution in [0.3, 0.4) is 0 Å². The first-order valence-electron chi connectivity index (χ1n) is 18.0. The van der Waals surface area contributed by atoms with Crippen molar-refractivity contribution in [1.29, 1.82) is 0 Å². The maximum absolute atomic E-state index is 13.5. The summed E-state index contributed by atoms with van der Waals surface area (Å²) in [5.41, 5.74) is 3.06. The van der Waals surface area contributed by atoms with Gasteiger partial charge in [0.25, 0.3) is 17.7 Å². The molecule has 4 amide bonds. The van der Waals surface area contributed by atoms with Crippen LogP contribution in [-0.4, -0.2) is 87.9 Å². The molecule has 1 atom stereocenters. The summed E-state index contributed by atoms with van der Waals surface area (Å²) >= 11 is 1.57. The minimum atomic E-state index is -0.694. The van der Waals surface area contributed by atoms with Crippen molar-refractivity contribution in [2.24, 2.45) is 0 Å². The Labute approximate surface area is 323 Å². The number of carbonyl (C=O) groups is 4. The molecule has 2 aliphatic rings. The number of imide groups is 1. The van der Waals surface area contributed by atoms with Crippen molar-refractivity contribution in [2.75, 3.05) is 48.3 Å². The molecule has 0 spiro atoms. The van der Waals surface area contributed by atoms with E-state index in [1.807, 2.05) is 77.0 Å². The summed E-state index contributed by atoms with van der Waals surface area (Å²) in [6.45, 7) is 8.33. The molecule has 280 valence electrons. The topological polar surface area (TPSA) is 137 Å². The summed E-state index contributed by atoms with van der Waals surface area (Å²) in [5, 5.41) is 7.63. The number of hydrogen-bond donors (Lipinski definition) is 2. The maximum atomic E-state index is 13.5. The number of fused-ring (bicyclic) bond motifs is 1. The van der Waals surface area contributed by atoms with Crippen LogP contribution in [0.1, 0.15) is 57.4 Å². The smallest absolute Gasteiger partial charge is 0.412 e. The Bertz CT molecular complexity index is 2180. The fourth-order valence-electron chi connectivity index (χ4n) is 6.48. The number of nitrogens with zero attached hydrogens (tertiary/aromatic N) is 5. The molecule has 1 unspecified atom stereocenters. The second kappa shape index (κ2) is 16.0. The van der Waals surface area contributed by atoms with Crippen LogP contribution < -0.4 is 15.5 Å². The normalized spacial score (nSPS) is 15.3. The molecule has 0 radical (unpaired) electrons. The van der Waals surface area contributed by atoms with Gasteiger partial charge in [0.2, 0.25) is 5.95 Å². The molecule has 0 aliphatic carbocycles. The lowest BCUT2D eigenvalue weighted by Gasteiger charge is -2.37. The van der Waals surface area contributed by atoms with E-state index in [1.54, 1.807) is 62.4 Å². The summed E-state index contributed by atoms with van der Waals surface area (Å²) in [7, 11) is 0. The van der Waals surface area contributed by atoms with Crippen molar-refractivity contribution in [2.45, 2.75) is 32.4 Å². The number of amides is 4. The summed E-state index contributed by atoms with van der Waals surface area (Å²) < 4.78 is 5.44. The van der Waals surface area contributed by atoms with Crippen molar-refractivity contribution in [3.05, 3.63) is 131 Å². The fourth-order valence-corrected chi connectivity index (χ4v) is 7.21. The monoisotopic (exact) mass is 755 g/mol. The number of hydrogen-bond acceptors (Lipinski definition) is 10. The van der Waals surface area contributed by atoms with Crippen LogP contribution >= 0.6 is 11.3 Å². The van der Waals surface area contributed by atoms with E-state index >= 15 is 0 Å². The number of benzene rings is 3. The van der Waals surface area contributed by atoms with Gasteiger partial charge in [0.1, 0.15) is 5.60 Å². The van der Waals surface area contributed by atoms with Crippen LogP contribution in [-0.2, 0) is 4.74 Å². The molecular formula is C42H41N7O5S. The predicted molar refractivity (Wildman–Crippen MR) is 214 cm³/mol. The molecule has 0 saturated carbocycles. The van der Waals surface area contributed by atoms with Crippen molar-refractivity contribution in [3.8, 4) is 10.4 Å². The summed E-state index contributed by atoms with van der Waals surface area (Å²) in [4.78, 5) is 68.7. The quantitative estimate of drug-likeness (QED) is 0.141. The number of piperazine rings is 1. The van der Waals surface area contributed by atoms with Gasteiger partial charge in [0.05, 0.1) is 34.1 Å². The average Bonchev–Trinajstić information content (AvgIpc) is 3.81. The van der Waals surface area contributed by atoms with Gasteiger partial charge in [0.15, 0.2) is 0 Å². The molecule has 7 rings (SSSR count). The van der Waals surface area contributed by atoms with Gasteiger partial charge in [-0.3, -0.25) is 29.5 Å². The Morgan fingerprint density at radius 1 is 0.836 bits per heavy atom. The van der Waals surface area contributed by atoms with E-state index in [4.69, 9.17) is 4.74 Å². The van der Waals surface area contributed by atoms with E-state index < -0.39 is 23.6 Å².